The fraction of sp³-hybridized carbons (Fsp3) is 0.462. The highest BCUT2D eigenvalue weighted by molar-refractivity contribution is 7.84. The van der Waals surface area contributed by atoms with Gasteiger partial charge in [-0.2, -0.15) is 5.26 Å². The first-order valence-electron chi connectivity index (χ1n) is 5.85. The average molecular weight is 264 g/mol. The zero-order valence-electron chi connectivity index (χ0n) is 10.3. The summed E-state index contributed by atoms with van der Waals surface area (Å²) >= 11 is 0. The summed E-state index contributed by atoms with van der Waals surface area (Å²) in [7, 11) is 0.692. The standard InChI is InChI=1S/C13H16N2O2S/c1-17-13-4-10(2-3-12(13)5-14)8-18(16)9-11-6-15-7-11/h2-4,11,15H,6-9H2,1H3. The van der Waals surface area contributed by atoms with E-state index in [-0.39, 0.29) is 0 Å². The van der Waals surface area contributed by atoms with E-state index in [1.807, 2.05) is 6.07 Å². The highest BCUT2D eigenvalue weighted by Crippen LogP contribution is 2.20. The maximum atomic E-state index is 11.9. The SMILES string of the molecule is COc1cc(CS(=O)CC2CNC2)ccc1C#N. The Hall–Kier alpha value is -1.38. The van der Waals surface area contributed by atoms with Gasteiger partial charge in [0.15, 0.2) is 0 Å². The molecule has 1 unspecified atom stereocenters. The van der Waals surface area contributed by atoms with Crippen molar-refractivity contribution in [3.63, 3.8) is 0 Å². The van der Waals surface area contributed by atoms with Crippen molar-refractivity contribution in [3.05, 3.63) is 29.3 Å². The molecule has 0 spiro atoms. The van der Waals surface area contributed by atoms with Gasteiger partial charge in [0.25, 0.3) is 0 Å². The van der Waals surface area contributed by atoms with E-state index >= 15 is 0 Å². The summed E-state index contributed by atoms with van der Waals surface area (Å²) < 4.78 is 17.1. The van der Waals surface area contributed by atoms with Crippen LogP contribution in [0.25, 0.3) is 0 Å². The lowest BCUT2D eigenvalue weighted by Crippen LogP contribution is -2.44. The van der Waals surface area contributed by atoms with Gasteiger partial charge in [-0.25, -0.2) is 0 Å². The molecule has 1 aromatic carbocycles. The van der Waals surface area contributed by atoms with Gasteiger partial charge in [0.1, 0.15) is 11.8 Å². The van der Waals surface area contributed by atoms with Crippen LogP contribution >= 0.6 is 0 Å². The molecule has 1 N–H and O–H groups in total. The molecule has 96 valence electrons. The van der Waals surface area contributed by atoms with Crippen LogP contribution in [0.4, 0.5) is 0 Å². The maximum Gasteiger partial charge on any atom is 0.136 e. The third-order valence-electron chi connectivity index (χ3n) is 3.00. The molecule has 0 bridgehead atoms. The summed E-state index contributed by atoms with van der Waals surface area (Å²) in [6.45, 7) is 1.95. The Morgan fingerprint density at radius 3 is 2.89 bits per heavy atom. The van der Waals surface area contributed by atoms with Crippen molar-refractivity contribution in [2.75, 3.05) is 26.0 Å². The quantitative estimate of drug-likeness (QED) is 0.863. The van der Waals surface area contributed by atoms with Crippen LogP contribution in [-0.2, 0) is 16.6 Å². The predicted molar refractivity (Wildman–Crippen MR) is 70.8 cm³/mol. The second-order valence-corrected chi connectivity index (χ2v) is 5.92. The van der Waals surface area contributed by atoms with Crippen LogP contribution in [0.3, 0.4) is 0 Å². The number of methoxy groups -OCH3 is 1. The Kier molecular flexibility index (Phi) is 4.34. The van der Waals surface area contributed by atoms with E-state index in [1.165, 1.54) is 7.11 Å². The molecule has 1 aliphatic heterocycles. The lowest BCUT2D eigenvalue weighted by Gasteiger charge is -2.26. The predicted octanol–water partition coefficient (Wildman–Crippen LogP) is 1.03. The fourth-order valence-corrected chi connectivity index (χ4v) is 3.32. The van der Waals surface area contributed by atoms with Crippen LogP contribution in [0, 0.1) is 17.2 Å². The molecule has 1 heterocycles. The molecule has 1 aromatic rings. The number of nitriles is 1. The molecule has 2 rings (SSSR count). The van der Waals surface area contributed by atoms with E-state index in [1.54, 1.807) is 12.1 Å². The summed E-state index contributed by atoms with van der Waals surface area (Å²) in [6, 6.07) is 7.43. The molecule has 0 radical (unpaired) electrons. The van der Waals surface area contributed by atoms with Gasteiger partial charge in [-0.05, 0) is 23.6 Å². The monoisotopic (exact) mass is 264 g/mol. The minimum Gasteiger partial charge on any atom is -0.495 e. The summed E-state index contributed by atoms with van der Waals surface area (Å²) in [5.41, 5.74) is 1.46. The molecule has 0 amide bonds. The number of hydrogen-bond acceptors (Lipinski definition) is 4. The van der Waals surface area contributed by atoms with Gasteiger partial charge in [0.2, 0.25) is 0 Å². The topological polar surface area (TPSA) is 62.1 Å². The van der Waals surface area contributed by atoms with Crippen LogP contribution in [0.2, 0.25) is 0 Å². The fourth-order valence-electron chi connectivity index (χ4n) is 1.89. The minimum absolute atomic E-state index is 0.509. The van der Waals surface area contributed by atoms with Crippen LogP contribution in [0.15, 0.2) is 18.2 Å². The summed E-state index contributed by atoms with van der Waals surface area (Å²) in [6.07, 6.45) is 0. The van der Waals surface area contributed by atoms with Gasteiger partial charge < -0.3 is 10.1 Å². The zero-order chi connectivity index (χ0) is 13.0. The summed E-state index contributed by atoms with van der Waals surface area (Å²) in [5, 5.41) is 12.1. The third-order valence-corrected chi connectivity index (χ3v) is 4.50. The third kappa shape index (κ3) is 3.09. The van der Waals surface area contributed by atoms with Crippen molar-refractivity contribution in [1.82, 2.24) is 5.32 Å². The molecule has 0 saturated carbocycles. The molecule has 0 aromatic heterocycles. The normalized spacial score (nSPS) is 16.7. The maximum absolute atomic E-state index is 11.9. The van der Waals surface area contributed by atoms with Gasteiger partial charge in [-0.3, -0.25) is 4.21 Å². The first-order valence-corrected chi connectivity index (χ1v) is 7.34. The zero-order valence-corrected chi connectivity index (χ0v) is 11.1. The van der Waals surface area contributed by atoms with Gasteiger partial charge in [0, 0.05) is 35.4 Å². The number of benzene rings is 1. The summed E-state index contributed by atoms with van der Waals surface area (Å²) in [4.78, 5) is 0. The Morgan fingerprint density at radius 1 is 1.56 bits per heavy atom. The molecule has 18 heavy (non-hydrogen) atoms. The second-order valence-electron chi connectivity index (χ2n) is 4.42. The Labute approximate surface area is 109 Å². The number of nitrogens with one attached hydrogen (secondary N) is 1. The smallest absolute Gasteiger partial charge is 0.136 e. The largest absolute Gasteiger partial charge is 0.495 e. The number of hydrogen-bond donors (Lipinski definition) is 1. The Morgan fingerprint density at radius 2 is 2.33 bits per heavy atom. The van der Waals surface area contributed by atoms with E-state index in [0.717, 1.165) is 24.4 Å². The minimum atomic E-state index is -0.847. The van der Waals surface area contributed by atoms with Crippen LogP contribution in [0.1, 0.15) is 11.1 Å². The lowest BCUT2D eigenvalue weighted by atomic mass is 10.1. The van der Waals surface area contributed by atoms with E-state index in [4.69, 9.17) is 10.00 Å². The van der Waals surface area contributed by atoms with Crippen LogP contribution in [-0.4, -0.2) is 30.2 Å². The van der Waals surface area contributed by atoms with Gasteiger partial charge in [-0.1, -0.05) is 6.07 Å². The van der Waals surface area contributed by atoms with Gasteiger partial charge in [0.05, 0.1) is 12.7 Å². The molecule has 1 fully saturated rings. The molecular formula is C13H16N2O2S. The van der Waals surface area contributed by atoms with Crippen molar-refractivity contribution in [1.29, 1.82) is 5.26 Å². The summed E-state index contributed by atoms with van der Waals surface area (Å²) in [5.74, 6) is 2.37. The van der Waals surface area contributed by atoms with Crippen molar-refractivity contribution >= 4 is 10.8 Å². The Balaban J connectivity index is 2.00. The van der Waals surface area contributed by atoms with Gasteiger partial charge in [-0.15, -0.1) is 0 Å². The number of rotatable bonds is 5. The molecule has 1 saturated heterocycles. The highest BCUT2D eigenvalue weighted by atomic mass is 32.2. The average Bonchev–Trinajstić information content (AvgIpc) is 2.33. The van der Waals surface area contributed by atoms with Gasteiger partial charge >= 0.3 is 0 Å². The van der Waals surface area contributed by atoms with Crippen molar-refractivity contribution in [3.8, 4) is 11.8 Å². The van der Waals surface area contributed by atoms with Crippen LogP contribution in [0.5, 0.6) is 5.75 Å². The van der Waals surface area contributed by atoms with Crippen molar-refractivity contribution in [2.24, 2.45) is 5.92 Å². The highest BCUT2D eigenvalue weighted by Gasteiger charge is 2.19. The molecule has 1 atom stereocenters. The van der Waals surface area contributed by atoms with Crippen molar-refractivity contribution in [2.45, 2.75) is 5.75 Å². The molecule has 0 aliphatic carbocycles. The van der Waals surface area contributed by atoms with E-state index in [2.05, 4.69) is 11.4 Å². The number of ether oxygens (including phenoxy) is 1. The Bertz CT molecular complexity index is 492. The van der Waals surface area contributed by atoms with E-state index in [9.17, 15) is 4.21 Å². The van der Waals surface area contributed by atoms with E-state index in [0.29, 0.717) is 23.0 Å². The molecular weight excluding hydrogens is 248 g/mol. The molecule has 4 nitrogen and oxygen atoms in total. The first-order chi connectivity index (χ1) is 8.72. The first kappa shape index (κ1) is 13.1. The van der Waals surface area contributed by atoms with Crippen LogP contribution < -0.4 is 10.1 Å². The molecule has 1 aliphatic rings. The molecule has 5 heteroatoms. The van der Waals surface area contributed by atoms with E-state index < -0.39 is 10.8 Å². The second kappa shape index (κ2) is 5.98. The van der Waals surface area contributed by atoms with Crippen molar-refractivity contribution < 1.29 is 8.95 Å². The lowest BCUT2D eigenvalue weighted by molar-refractivity contribution is 0.382. The number of nitrogens with zero attached hydrogens (tertiary/aromatic N) is 1.